The third-order valence-electron chi connectivity index (χ3n) is 14.9. The molecule has 3 rings (SSSR count). The molecule has 3 aliphatic rings. The molecule has 0 aromatic carbocycles. The summed E-state index contributed by atoms with van der Waals surface area (Å²) in [5.74, 6) is -20.0. The Kier molecular flexibility index (Phi) is 30.8. The van der Waals surface area contributed by atoms with Crippen LogP contribution in [0.15, 0.2) is 0 Å². The average molecular weight is 1250 g/mol. The first kappa shape index (κ1) is 78.0. The molecule has 3 saturated carbocycles. The van der Waals surface area contributed by atoms with Gasteiger partial charge in [0.15, 0.2) is 0 Å². The van der Waals surface area contributed by atoms with Gasteiger partial charge in [0.1, 0.15) is 0 Å². The average Bonchev–Trinajstić information content (AvgIpc) is 3.13. The molecule has 0 saturated heterocycles. The third-order valence-corrected chi connectivity index (χ3v) is 14.9. The maximum Gasteiger partial charge on any atom is 3.00 e. The van der Waals surface area contributed by atoms with Gasteiger partial charge in [0.2, 0.25) is 0 Å². The van der Waals surface area contributed by atoms with Crippen molar-refractivity contribution < 1.29 is 187 Å². The SMILES string of the molecule is N[C@]1(CC(=O)[O-])CCCC(CC(=O)[O-])(CC(=O)[O-])[C@]1(N)CC(=O)[O-].N[C@]1(CC(=O)[O-])CCCC(CC(=O)[O-])(CC(=O)[O-])[C@]1(N)CC(=O)[O-].N[C@]1(CC(=O)[O-])CCCC(CC(=O)[O-])(CC(=O)[O-])[C@]1(N)CC(=O)[O-].[Fe+3].[Fe+3].[Fe+3].[Fe+3]. The van der Waals surface area contributed by atoms with E-state index in [9.17, 15) is 119 Å². The van der Waals surface area contributed by atoms with E-state index < -0.39 is 198 Å². The van der Waals surface area contributed by atoms with Gasteiger partial charge in [0, 0.05) is 160 Å². The fourth-order valence-electron chi connectivity index (χ4n) is 11.8. The van der Waals surface area contributed by atoms with E-state index in [-0.39, 0.29) is 126 Å². The van der Waals surface area contributed by atoms with Crippen LogP contribution in [0.4, 0.5) is 0 Å². The van der Waals surface area contributed by atoms with Crippen LogP contribution in [0.5, 0.6) is 0 Å². The molecule has 3 aliphatic carbocycles. The zero-order valence-electron chi connectivity index (χ0n) is 40.0. The van der Waals surface area contributed by atoms with Crippen LogP contribution >= 0.6 is 0 Å². The molecule has 0 unspecified atom stereocenters. The normalized spacial score (nSPS) is 27.4. The summed E-state index contributed by atoms with van der Waals surface area (Å²) < 4.78 is 0. The maximum absolute atomic E-state index is 11.2. The van der Waals surface area contributed by atoms with Crippen molar-refractivity contribution in [3.05, 3.63) is 0 Å². The van der Waals surface area contributed by atoms with Crippen LogP contribution in [0.25, 0.3) is 0 Å². The van der Waals surface area contributed by atoms with E-state index in [1.165, 1.54) is 0 Å². The summed E-state index contributed by atoms with van der Waals surface area (Å²) >= 11 is 0. The van der Waals surface area contributed by atoms with Gasteiger partial charge in [-0.1, -0.05) is 19.3 Å². The van der Waals surface area contributed by atoms with E-state index in [2.05, 4.69) is 0 Å². The quantitative estimate of drug-likeness (QED) is 0.0489. The number of hydrogen-bond acceptors (Lipinski definition) is 30. The van der Waals surface area contributed by atoms with Gasteiger partial charge in [-0.15, -0.1) is 0 Å². The van der Waals surface area contributed by atoms with Crippen molar-refractivity contribution in [3.8, 4) is 0 Å². The van der Waals surface area contributed by atoms with E-state index >= 15 is 0 Å². The number of carboxylic acids is 12. The molecule has 76 heavy (non-hydrogen) atoms. The second kappa shape index (κ2) is 30.0. The van der Waals surface area contributed by atoms with Crippen molar-refractivity contribution in [2.75, 3.05) is 0 Å². The Bertz CT molecular complexity index is 1900. The largest absolute Gasteiger partial charge is 3.00 e. The summed E-state index contributed by atoms with van der Waals surface area (Å²) in [7, 11) is 0. The van der Waals surface area contributed by atoms with Crippen LogP contribution in [0, 0.1) is 16.2 Å². The van der Waals surface area contributed by atoms with Crippen molar-refractivity contribution in [3.63, 3.8) is 0 Å². The van der Waals surface area contributed by atoms with Gasteiger partial charge in [-0.2, -0.15) is 0 Å². The fourth-order valence-corrected chi connectivity index (χ4v) is 11.8. The minimum atomic E-state index is -2.18. The maximum atomic E-state index is 11.2. The predicted molar refractivity (Wildman–Crippen MR) is 206 cm³/mol. The molecule has 0 aromatic rings. The molecule has 0 aromatic heterocycles. The predicted octanol–water partition coefficient (Wildman–Crippen LogP) is -17.7. The Morgan fingerprint density at radius 1 is 0.237 bits per heavy atom. The zero-order chi connectivity index (χ0) is 56.3. The second-order valence-electron chi connectivity index (χ2n) is 19.4. The van der Waals surface area contributed by atoms with Crippen molar-refractivity contribution >= 4 is 71.6 Å². The molecule has 12 N–H and O–H groups in total. The molecule has 0 bridgehead atoms. The molecule has 0 heterocycles. The van der Waals surface area contributed by atoms with Crippen LogP contribution < -0.4 is 95.7 Å². The molecule has 4 radical (unpaired) electrons. The Labute approximate surface area is 475 Å². The summed E-state index contributed by atoms with van der Waals surface area (Å²) in [5.41, 5.74) is 18.8. The minimum Gasteiger partial charge on any atom is -0.550 e. The summed E-state index contributed by atoms with van der Waals surface area (Å²) in [6, 6.07) is 0. The van der Waals surface area contributed by atoms with Crippen molar-refractivity contribution in [1.82, 2.24) is 0 Å². The third kappa shape index (κ3) is 18.3. The number of hydrogen-bond donors (Lipinski definition) is 6. The van der Waals surface area contributed by atoms with E-state index in [1.54, 1.807) is 0 Å². The van der Waals surface area contributed by atoms with Gasteiger partial charge in [-0.3, -0.25) is 0 Å². The van der Waals surface area contributed by atoms with Gasteiger partial charge >= 0.3 is 68.3 Å². The van der Waals surface area contributed by atoms with Gasteiger partial charge in [0.25, 0.3) is 0 Å². The van der Waals surface area contributed by atoms with Crippen LogP contribution in [0.2, 0.25) is 0 Å². The molecule has 34 heteroatoms. The zero-order valence-corrected chi connectivity index (χ0v) is 44.4. The van der Waals surface area contributed by atoms with Gasteiger partial charge < -0.3 is 153 Å². The molecule has 0 spiro atoms. The van der Waals surface area contributed by atoms with Crippen LogP contribution in [0.3, 0.4) is 0 Å². The van der Waals surface area contributed by atoms with Gasteiger partial charge in [-0.05, 0) is 77.0 Å². The standard InChI is InChI=1S/3C14H22N2O8.4Fe/c3*15-13(6-10(21)22)3-1-2-12(4-8(17)18,5-9(19)20)14(13,16)7-11(23)24;;;;/h3*1-7,15-16H2,(H,17,18)(H,19,20)(H,21,22)(H,23,24);;;;/q;;;4*+3/p-12/t3*13-,14+;;;;/m000..../s1. The summed E-state index contributed by atoms with van der Waals surface area (Å²) in [6.45, 7) is 0. The monoisotopic (exact) mass is 1250 g/mol. The number of nitrogens with two attached hydrogens (primary N) is 6. The van der Waals surface area contributed by atoms with Crippen molar-refractivity contribution in [1.29, 1.82) is 0 Å². The summed E-state index contributed by atoms with van der Waals surface area (Å²) in [6.07, 6.45) is -11.1. The topological polar surface area (TPSA) is 638 Å². The Hall–Kier alpha value is -4.52. The van der Waals surface area contributed by atoms with Crippen LogP contribution in [0.1, 0.15) is 135 Å². The Morgan fingerprint density at radius 3 is 0.487 bits per heavy atom. The van der Waals surface area contributed by atoms with Crippen molar-refractivity contribution in [2.45, 2.75) is 168 Å². The Balaban J connectivity index is -0.000000498. The van der Waals surface area contributed by atoms with Crippen LogP contribution in [-0.4, -0.2) is 105 Å². The van der Waals surface area contributed by atoms with E-state index in [4.69, 9.17) is 34.4 Å². The van der Waals surface area contributed by atoms with Crippen LogP contribution in [-0.2, 0) is 126 Å². The van der Waals surface area contributed by atoms with E-state index in [0.29, 0.717) is 0 Å². The van der Waals surface area contributed by atoms with Gasteiger partial charge in [0.05, 0.1) is 0 Å². The van der Waals surface area contributed by atoms with Crippen molar-refractivity contribution in [2.24, 2.45) is 50.6 Å². The van der Waals surface area contributed by atoms with E-state index in [0.717, 1.165) is 0 Å². The number of aliphatic carboxylic acids is 12. The first-order chi connectivity index (χ1) is 32.6. The molecule has 0 aliphatic heterocycles. The molecular weight excluding hydrogens is 1200 g/mol. The molecular formula is C42H54Fe4N6O24. The minimum absolute atomic E-state index is 0. The summed E-state index contributed by atoms with van der Waals surface area (Å²) in [5, 5.41) is 134. The smallest absolute Gasteiger partial charge is 0.550 e. The first-order valence-electron chi connectivity index (χ1n) is 21.7. The Morgan fingerprint density at radius 2 is 0.368 bits per heavy atom. The molecule has 6 atom stereocenters. The van der Waals surface area contributed by atoms with Gasteiger partial charge in [-0.25, -0.2) is 0 Å². The molecule has 428 valence electrons. The fraction of sp³-hybridized carbons (Fsp3) is 0.714. The first-order valence-corrected chi connectivity index (χ1v) is 21.7. The van der Waals surface area contributed by atoms with E-state index in [1.807, 2.05) is 0 Å². The number of carbonyl (C=O) groups excluding carboxylic acids is 12. The molecule has 30 nitrogen and oxygen atoms in total. The molecule has 0 amide bonds. The second-order valence-corrected chi connectivity index (χ2v) is 19.4. The number of carboxylic acid groups (broad SMARTS) is 12. The number of carbonyl (C=O) groups is 12. The summed E-state index contributed by atoms with van der Waals surface area (Å²) in [4.78, 5) is 134. The molecule has 3 fully saturated rings. The number of rotatable bonds is 24.